The van der Waals surface area contributed by atoms with Crippen molar-refractivity contribution in [1.82, 2.24) is 28.7 Å². The number of fused-ring (bicyclic) bond motifs is 22. The second-order valence-corrected chi connectivity index (χ2v) is 25.0. The minimum Gasteiger partial charge on any atom is -0.295 e. The van der Waals surface area contributed by atoms with Gasteiger partial charge in [0.25, 0.3) is 0 Å². The topological polar surface area (TPSA) is 60.4 Å². The van der Waals surface area contributed by atoms with E-state index in [1.165, 1.54) is 78.8 Å². The molecule has 2 aromatic carbocycles. The summed E-state index contributed by atoms with van der Waals surface area (Å²) in [6, 6.07) is 19.1. The van der Waals surface area contributed by atoms with E-state index in [4.69, 9.17) is 19.9 Å². The number of hydrogen-bond donors (Lipinski definition) is 0. The monoisotopic (exact) mass is 819 g/mol. The van der Waals surface area contributed by atoms with Crippen molar-refractivity contribution in [3.05, 3.63) is 105 Å². The van der Waals surface area contributed by atoms with E-state index in [0.717, 1.165) is 52.5 Å². The van der Waals surface area contributed by atoms with E-state index >= 15 is 0 Å². The van der Waals surface area contributed by atoms with Crippen LogP contribution in [0.3, 0.4) is 0 Å². The molecule has 0 N–H and O–H groups in total. The van der Waals surface area contributed by atoms with Gasteiger partial charge in [0.05, 0.1) is 33.1 Å². The first-order chi connectivity index (χ1) is 29.0. The van der Waals surface area contributed by atoms with Crippen molar-refractivity contribution in [2.75, 3.05) is 0 Å². The Morgan fingerprint density at radius 2 is 1.08 bits per heavy atom. The zero-order valence-corrected chi connectivity index (χ0v) is 39.4. The predicted molar refractivity (Wildman–Crippen MR) is 255 cm³/mol. The summed E-state index contributed by atoms with van der Waals surface area (Å²) in [6.07, 6.45) is 6.45. The summed E-state index contributed by atoms with van der Waals surface area (Å²) < 4.78 is 5.11. The maximum atomic E-state index is 5.85. The average Bonchev–Trinajstić information content (AvgIpc) is 4.02. The van der Waals surface area contributed by atoms with Crippen LogP contribution in [0.4, 0.5) is 0 Å². The van der Waals surface area contributed by atoms with E-state index in [2.05, 4.69) is 154 Å². The number of benzene rings is 2. The third kappa shape index (κ3) is 4.16. The van der Waals surface area contributed by atoms with Crippen molar-refractivity contribution in [3.8, 4) is 0 Å². The van der Waals surface area contributed by atoms with Crippen LogP contribution in [0.25, 0.3) is 55.2 Å². The molecule has 6 nitrogen and oxygen atoms in total. The fourth-order valence-electron chi connectivity index (χ4n) is 15.6. The molecule has 6 heteroatoms. The van der Waals surface area contributed by atoms with E-state index in [9.17, 15) is 0 Å². The SMILES string of the molecule is CC1(C)CC(C)(C)c2c1c1ncccc1c1nc3cc4c(cc3n21)C1CC(c2ccc3c(n2)c2c(n5c6cc7c(cc6nc35)C(C)(C)C(C)(C)C7(C)C)C(C)(C)CC2(C)C)C4C1. The highest BCUT2D eigenvalue weighted by Gasteiger charge is 2.57. The van der Waals surface area contributed by atoms with Crippen molar-refractivity contribution in [1.29, 1.82) is 0 Å². The molecule has 62 heavy (non-hydrogen) atoms. The number of imidazole rings is 2. The summed E-state index contributed by atoms with van der Waals surface area (Å²) in [5, 5.41) is 2.34. The molecule has 316 valence electrons. The Morgan fingerprint density at radius 1 is 0.532 bits per heavy atom. The van der Waals surface area contributed by atoms with E-state index < -0.39 is 0 Å². The number of nitrogens with zero attached hydrogens (tertiary/aromatic N) is 6. The van der Waals surface area contributed by atoms with Gasteiger partial charge in [0.2, 0.25) is 0 Å². The Labute approximate surface area is 366 Å². The Bertz CT molecular complexity index is 3420. The van der Waals surface area contributed by atoms with Crippen molar-refractivity contribution >= 4 is 55.2 Å². The fourth-order valence-corrected chi connectivity index (χ4v) is 15.6. The molecule has 6 aromatic heterocycles. The van der Waals surface area contributed by atoms with Crippen LogP contribution < -0.4 is 0 Å². The smallest absolute Gasteiger partial charge is 0.147 e. The summed E-state index contributed by atoms with van der Waals surface area (Å²) in [7, 11) is 0. The second kappa shape index (κ2) is 10.7. The lowest BCUT2D eigenvalue weighted by Gasteiger charge is -2.44. The third-order valence-corrected chi connectivity index (χ3v) is 18.9. The third-order valence-electron chi connectivity index (χ3n) is 18.9. The van der Waals surface area contributed by atoms with Gasteiger partial charge in [0, 0.05) is 61.9 Å². The minimum absolute atomic E-state index is 0.00499. The van der Waals surface area contributed by atoms with Crippen LogP contribution in [-0.2, 0) is 32.5 Å². The highest BCUT2D eigenvalue weighted by Crippen LogP contribution is 2.64. The van der Waals surface area contributed by atoms with Gasteiger partial charge < -0.3 is 0 Å². The Kier molecular flexibility index (Phi) is 6.53. The molecule has 0 amide bonds. The van der Waals surface area contributed by atoms with Crippen LogP contribution in [-0.4, -0.2) is 28.7 Å². The molecule has 6 heterocycles. The van der Waals surface area contributed by atoms with Gasteiger partial charge >= 0.3 is 0 Å². The van der Waals surface area contributed by atoms with Crippen molar-refractivity contribution in [2.45, 2.75) is 173 Å². The van der Waals surface area contributed by atoms with E-state index in [1.807, 2.05) is 6.20 Å². The molecule has 0 saturated heterocycles. The molecule has 13 rings (SSSR count). The molecule has 0 aliphatic heterocycles. The maximum Gasteiger partial charge on any atom is 0.147 e. The molecular formula is C56H62N6. The van der Waals surface area contributed by atoms with Crippen LogP contribution in [0.2, 0.25) is 0 Å². The maximum absolute atomic E-state index is 5.85. The van der Waals surface area contributed by atoms with E-state index in [1.54, 1.807) is 0 Å². The quantitative estimate of drug-likeness (QED) is 0.166. The zero-order valence-electron chi connectivity index (χ0n) is 39.4. The lowest BCUT2D eigenvalue weighted by molar-refractivity contribution is 0.125. The number of rotatable bonds is 1. The fraction of sp³-hybridized carbons (Fsp3) is 0.500. The van der Waals surface area contributed by atoms with Crippen molar-refractivity contribution < 1.29 is 0 Å². The summed E-state index contributed by atoms with van der Waals surface area (Å²) in [6.45, 7) is 34.1. The normalized spacial score (nSPS) is 26.1. The lowest BCUT2D eigenvalue weighted by atomic mass is 9.59. The van der Waals surface area contributed by atoms with Crippen LogP contribution in [0, 0.1) is 5.41 Å². The summed E-state index contributed by atoms with van der Waals surface area (Å²) in [4.78, 5) is 21.9. The lowest BCUT2D eigenvalue weighted by Crippen LogP contribution is -2.42. The number of hydrogen-bond acceptors (Lipinski definition) is 4. The van der Waals surface area contributed by atoms with Gasteiger partial charge in [-0.1, -0.05) is 96.9 Å². The molecule has 1 saturated carbocycles. The molecule has 8 aromatic rings. The summed E-state index contributed by atoms with van der Waals surface area (Å²) in [5.41, 5.74) is 22.0. The highest BCUT2D eigenvalue weighted by molar-refractivity contribution is 6.02. The molecule has 0 radical (unpaired) electrons. The molecule has 5 aliphatic rings. The summed E-state index contributed by atoms with van der Waals surface area (Å²) in [5.74, 6) is 1.33. The molecule has 5 aliphatic carbocycles. The second-order valence-electron chi connectivity index (χ2n) is 25.0. The standard InChI is InChI=1S/C56H62N6/c1-50(2)26-52(5,6)46-42(50)44-29(16-15-19-57-44)48-59-38-22-33-31(23-40(38)61(46)48)28-20-32(33)34(21-28)37-18-17-30-45(58-37)43-47(53(7,8)27-51(43,3)4)62-41-25-36-35(24-39(41)60-49(30)62)54(9,10)56(13,14)55(36,11)12/h15-19,22-25,28,32,34H,20-21,26-27H2,1-14H3. The Morgan fingerprint density at radius 3 is 1.73 bits per heavy atom. The van der Waals surface area contributed by atoms with E-state index in [-0.39, 0.29) is 37.9 Å². The van der Waals surface area contributed by atoms with E-state index in [0.29, 0.717) is 17.8 Å². The molecule has 2 bridgehead atoms. The van der Waals surface area contributed by atoms with Gasteiger partial charge in [-0.3, -0.25) is 18.8 Å². The van der Waals surface area contributed by atoms with Crippen LogP contribution in [0.5, 0.6) is 0 Å². The van der Waals surface area contributed by atoms with Crippen LogP contribution >= 0.6 is 0 Å². The highest BCUT2D eigenvalue weighted by atomic mass is 15.1. The summed E-state index contributed by atoms with van der Waals surface area (Å²) >= 11 is 0. The Balaban J connectivity index is 0.991. The van der Waals surface area contributed by atoms with Gasteiger partial charge in [-0.15, -0.1) is 0 Å². The number of aromatic nitrogens is 6. The largest absolute Gasteiger partial charge is 0.295 e. The van der Waals surface area contributed by atoms with Crippen LogP contribution in [0.15, 0.2) is 54.7 Å². The zero-order chi connectivity index (χ0) is 43.4. The molecular weight excluding hydrogens is 757 g/mol. The average molecular weight is 819 g/mol. The minimum atomic E-state index is -0.0407. The van der Waals surface area contributed by atoms with Gasteiger partial charge in [-0.25, -0.2) is 9.97 Å². The van der Waals surface area contributed by atoms with Gasteiger partial charge in [0.15, 0.2) is 0 Å². The first-order valence-electron chi connectivity index (χ1n) is 23.6. The van der Waals surface area contributed by atoms with Crippen molar-refractivity contribution in [2.24, 2.45) is 5.41 Å². The Hall–Kier alpha value is -4.84. The van der Waals surface area contributed by atoms with Crippen molar-refractivity contribution in [3.63, 3.8) is 0 Å². The molecule has 3 unspecified atom stereocenters. The molecule has 1 fully saturated rings. The van der Waals surface area contributed by atoms with Gasteiger partial charge in [-0.05, 0) is 135 Å². The first kappa shape index (κ1) is 37.7. The molecule has 0 spiro atoms. The van der Waals surface area contributed by atoms with Gasteiger partial charge in [0.1, 0.15) is 11.3 Å². The first-order valence-corrected chi connectivity index (χ1v) is 23.6. The predicted octanol–water partition coefficient (Wildman–Crippen LogP) is 13.7. The molecule has 3 atom stereocenters. The van der Waals surface area contributed by atoms with Crippen LogP contribution in [0.1, 0.15) is 191 Å². The van der Waals surface area contributed by atoms with Gasteiger partial charge in [-0.2, -0.15) is 0 Å². The number of pyridine rings is 4.